The van der Waals surface area contributed by atoms with Gasteiger partial charge in [0, 0.05) is 6.04 Å². The molecule has 0 aromatic rings. The van der Waals surface area contributed by atoms with Crippen LogP contribution in [0.4, 0.5) is 0 Å². The first-order chi connectivity index (χ1) is 9.88. The molecule has 1 aliphatic rings. The highest BCUT2D eigenvalue weighted by Gasteiger charge is 2.19. The fraction of sp³-hybridized carbons (Fsp3) is 1.00. The van der Waals surface area contributed by atoms with Crippen LogP contribution in [0.5, 0.6) is 0 Å². The average molecular weight is 282 g/mol. The van der Waals surface area contributed by atoms with Crippen molar-refractivity contribution < 1.29 is 0 Å². The summed E-state index contributed by atoms with van der Waals surface area (Å²) in [5.41, 5.74) is 0. The quantitative estimate of drug-likeness (QED) is 0.323. The first kappa shape index (κ1) is 18.0. The van der Waals surface area contributed by atoms with Gasteiger partial charge in [0.2, 0.25) is 0 Å². The van der Waals surface area contributed by atoms with Crippen LogP contribution in [0.15, 0.2) is 0 Å². The number of hydrogen-bond acceptors (Lipinski definition) is 1. The highest BCUT2D eigenvalue weighted by molar-refractivity contribution is 4.75. The fourth-order valence-electron chi connectivity index (χ4n) is 3.58. The van der Waals surface area contributed by atoms with Crippen LogP contribution in [0.2, 0.25) is 0 Å². The van der Waals surface area contributed by atoms with Crippen LogP contribution in [-0.4, -0.2) is 24.0 Å². The van der Waals surface area contributed by atoms with Gasteiger partial charge in [-0.2, -0.15) is 0 Å². The van der Waals surface area contributed by atoms with Gasteiger partial charge in [-0.3, -0.25) is 0 Å². The molecule has 0 N–H and O–H groups in total. The van der Waals surface area contributed by atoms with E-state index in [0.717, 1.165) is 6.04 Å². The van der Waals surface area contributed by atoms with Crippen molar-refractivity contribution in [2.45, 2.75) is 110 Å². The monoisotopic (exact) mass is 281 g/mol. The lowest BCUT2D eigenvalue weighted by Crippen LogP contribution is -2.36. The molecular formula is C19H39N. The van der Waals surface area contributed by atoms with Crippen molar-refractivity contribution >= 4 is 0 Å². The Morgan fingerprint density at radius 3 is 1.60 bits per heavy atom. The summed E-state index contributed by atoms with van der Waals surface area (Å²) in [6.45, 7) is 7.37. The molecule has 1 rings (SSSR count). The Hall–Kier alpha value is -0.0400. The van der Waals surface area contributed by atoms with Crippen molar-refractivity contribution in [3.63, 3.8) is 0 Å². The van der Waals surface area contributed by atoms with Crippen LogP contribution in [0, 0.1) is 0 Å². The van der Waals surface area contributed by atoms with E-state index in [1.807, 2.05) is 0 Å². The first-order valence-corrected chi connectivity index (χ1v) is 9.62. The van der Waals surface area contributed by atoms with Crippen molar-refractivity contribution in [3.8, 4) is 0 Å². The second-order valence-corrected chi connectivity index (χ2v) is 6.80. The Balaban J connectivity index is 2.31. The maximum atomic E-state index is 2.87. The summed E-state index contributed by atoms with van der Waals surface area (Å²) in [6, 6.07) is 0.917. The van der Waals surface area contributed by atoms with Gasteiger partial charge in [0.25, 0.3) is 0 Å². The van der Waals surface area contributed by atoms with E-state index in [4.69, 9.17) is 0 Å². The van der Waals surface area contributed by atoms with Crippen LogP contribution in [0.25, 0.3) is 0 Å². The van der Waals surface area contributed by atoms with Crippen molar-refractivity contribution in [3.05, 3.63) is 0 Å². The van der Waals surface area contributed by atoms with Crippen LogP contribution >= 0.6 is 0 Å². The highest BCUT2D eigenvalue weighted by Crippen LogP contribution is 2.23. The minimum atomic E-state index is 0.917. The minimum Gasteiger partial charge on any atom is -0.300 e. The molecule has 1 fully saturated rings. The Kier molecular flexibility index (Phi) is 11.4. The molecule has 0 atom stereocenters. The lowest BCUT2D eigenvalue weighted by molar-refractivity contribution is 0.171. The predicted molar refractivity (Wildman–Crippen MR) is 91.3 cm³/mol. The third kappa shape index (κ3) is 8.29. The van der Waals surface area contributed by atoms with E-state index in [0.29, 0.717) is 0 Å². The molecule has 1 heteroatoms. The molecule has 20 heavy (non-hydrogen) atoms. The molecule has 120 valence electrons. The summed E-state index contributed by atoms with van der Waals surface area (Å²) in [5.74, 6) is 0. The van der Waals surface area contributed by atoms with E-state index in [1.165, 1.54) is 103 Å². The van der Waals surface area contributed by atoms with Crippen LogP contribution in [0.1, 0.15) is 104 Å². The van der Waals surface area contributed by atoms with E-state index >= 15 is 0 Å². The zero-order valence-electron chi connectivity index (χ0n) is 14.3. The Morgan fingerprint density at radius 1 is 0.650 bits per heavy atom. The molecule has 0 radical (unpaired) electrons. The van der Waals surface area contributed by atoms with E-state index in [-0.39, 0.29) is 0 Å². The lowest BCUT2D eigenvalue weighted by atomic mass is 10.0. The summed E-state index contributed by atoms with van der Waals surface area (Å²) >= 11 is 0. The maximum Gasteiger partial charge on any atom is 0.00952 e. The molecule has 0 amide bonds. The highest BCUT2D eigenvalue weighted by atomic mass is 15.1. The summed E-state index contributed by atoms with van der Waals surface area (Å²) in [5, 5.41) is 0. The van der Waals surface area contributed by atoms with Crippen LogP contribution in [-0.2, 0) is 0 Å². The van der Waals surface area contributed by atoms with Gasteiger partial charge in [-0.15, -0.1) is 0 Å². The van der Waals surface area contributed by atoms with Gasteiger partial charge < -0.3 is 4.90 Å². The van der Waals surface area contributed by atoms with Crippen molar-refractivity contribution in [2.24, 2.45) is 0 Å². The second kappa shape index (κ2) is 12.7. The molecule has 0 bridgehead atoms. The molecule has 0 unspecified atom stereocenters. The normalized spacial score (nSPS) is 17.6. The third-order valence-corrected chi connectivity index (χ3v) is 4.94. The topological polar surface area (TPSA) is 3.24 Å². The summed E-state index contributed by atoms with van der Waals surface area (Å²) in [4.78, 5) is 2.87. The smallest absolute Gasteiger partial charge is 0.00952 e. The Bertz CT molecular complexity index is 182. The number of hydrogen-bond donors (Lipinski definition) is 0. The predicted octanol–water partition coefficient (Wildman–Crippen LogP) is 6.17. The van der Waals surface area contributed by atoms with Gasteiger partial charge in [0.05, 0.1) is 0 Å². The molecule has 1 saturated carbocycles. The van der Waals surface area contributed by atoms with Gasteiger partial charge in [0.15, 0.2) is 0 Å². The lowest BCUT2D eigenvalue weighted by Gasteiger charge is -2.31. The zero-order valence-corrected chi connectivity index (χ0v) is 14.3. The van der Waals surface area contributed by atoms with E-state index in [2.05, 4.69) is 18.7 Å². The summed E-state index contributed by atoms with van der Waals surface area (Å²) in [6.07, 6.45) is 20.2. The minimum absolute atomic E-state index is 0.917. The number of nitrogens with zero attached hydrogens (tertiary/aromatic N) is 1. The van der Waals surface area contributed by atoms with Gasteiger partial charge in [-0.25, -0.2) is 0 Å². The third-order valence-electron chi connectivity index (χ3n) is 4.94. The van der Waals surface area contributed by atoms with Gasteiger partial charge in [-0.05, 0) is 38.8 Å². The molecule has 0 heterocycles. The van der Waals surface area contributed by atoms with E-state index in [1.54, 1.807) is 0 Å². The SMILES string of the molecule is CCCCCCN(CCCCCC)C1CCCCCC1. The molecule has 1 aliphatic carbocycles. The molecule has 0 spiro atoms. The second-order valence-electron chi connectivity index (χ2n) is 6.80. The molecule has 0 aromatic heterocycles. The largest absolute Gasteiger partial charge is 0.300 e. The molecule has 1 nitrogen and oxygen atoms in total. The van der Waals surface area contributed by atoms with Crippen LogP contribution < -0.4 is 0 Å². The van der Waals surface area contributed by atoms with E-state index in [9.17, 15) is 0 Å². The Labute approximate surface area is 128 Å². The number of unbranched alkanes of at least 4 members (excludes halogenated alkanes) is 6. The Morgan fingerprint density at radius 2 is 1.15 bits per heavy atom. The van der Waals surface area contributed by atoms with Crippen molar-refractivity contribution in [1.82, 2.24) is 4.90 Å². The van der Waals surface area contributed by atoms with E-state index < -0.39 is 0 Å². The van der Waals surface area contributed by atoms with Crippen LogP contribution in [0.3, 0.4) is 0 Å². The molecule has 0 saturated heterocycles. The molecular weight excluding hydrogens is 242 g/mol. The molecule has 0 aromatic carbocycles. The van der Waals surface area contributed by atoms with Crippen molar-refractivity contribution in [2.75, 3.05) is 13.1 Å². The van der Waals surface area contributed by atoms with Gasteiger partial charge >= 0.3 is 0 Å². The average Bonchev–Trinajstić information content (AvgIpc) is 2.75. The number of rotatable bonds is 11. The summed E-state index contributed by atoms with van der Waals surface area (Å²) in [7, 11) is 0. The summed E-state index contributed by atoms with van der Waals surface area (Å²) < 4.78 is 0. The van der Waals surface area contributed by atoms with Gasteiger partial charge in [0.1, 0.15) is 0 Å². The standard InChI is InChI=1S/C19H39N/c1-3-5-7-13-17-20(18-14-8-6-4-2)19-15-11-9-10-12-16-19/h19H,3-18H2,1-2H3. The van der Waals surface area contributed by atoms with Gasteiger partial charge in [-0.1, -0.05) is 78.1 Å². The first-order valence-electron chi connectivity index (χ1n) is 9.62. The molecule has 0 aliphatic heterocycles. The van der Waals surface area contributed by atoms with Crippen molar-refractivity contribution in [1.29, 1.82) is 0 Å². The maximum absolute atomic E-state index is 2.87. The fourth-order valence-corrected chi connectivity index (χ4v) is 3.58. The zero-order chi connectivity index (χ0) is 14.5.